The Morgan fingerprint density at radius 3 is 1.18 bits per heavy atom. The molecular formula is C35H27BF15NO3. The topological polar surface area (TPSA) is 35.5 Å². The maximum Gasteiger partial charge on any atom is 0.268 e. The van der Waals surface area contributed by atoms with E-state index in [2.05, 4.69) is 4.65 Å². The molecule has 4 nitrogen and oxygen atoms in total. The van der Waals surface area contributed by atoms with Gasteiger partial charge in [0.05, 0.1) is 20.6 Å². The summed E-state index contributed by atoms with van der Waals surface area (Å²) < 4.78 is 232. The summed E-state index contributed by atoms with van der Waals surface area (Å²) >= 11 is 0. The van der Waals surface area contributed by atoms with Crippen LogP contribution >= 0.6 is 0 Å². The molecule has 0 amide bonds. The van der Waals surface area contributed by atoms with E-state index >= 15 is 26.3 Å². The molecule has 0 unspecified atom stereocenters. The van der Waals surface area contributed by atoms with Crippen molar-refractivity contribution in [2.45, 2.75) is 32.1 Å². The van der Waals surface area contributed by atoms with Crippen molar-refractivity contribution in [2.24, 2.45) is 0 Å². The number of carbonyl (C=O) groups is 1. The average Bonchev–Trinajstić information content (AvgIpc) is 3.76. The van der Waals surface area contributed by atoms with Gasteiger partial charge in [0.15, 0.2) is 52.4 Å². The van der Waals surface area contributed by atoms with Crippen molar-refractivity contribution in [3.63, 3.8) is 0 Å². The molecule has 55 heavy (non-hydrogen) atoms. The van der Waals surface area contributed by atoms with Gasteiger partial charge in [0.1, 0.15) is 40.6 Å². The van der Waals surface area contributed by atoms with E-state index in [9.17, 15) is 44.3 Å². The summed E-state index contributed by atoms with van der Waals surface area (Å²) in [6.07, 6.45) is -5.42. The van der Waals surface area contributed by atoms with Gasteiger partial charge in [-0.05, 0) is 37.8 Å². The van der Waals surface area contributed by atoms with Crippen LogP contribution in [0.5, 0.6) is 0 Å². The van der Waals surface area contributed by atoms with Crippen LogP contribution < -0.4 is 20.9 Å². The monoisotopic (exact) mass is 805 g/mol. The highest BCUT2D eigenvalue weighted by Gasteiger charge is 2.51. The van der Waals surface area contributed by atoms with Crippen molar-refractivity contribution < 1.29 is 80.0 Å². The Labute approximate surface area is 302 Å². The first-order chi connectivity index (χ1) is 25.7. The summed E-state index contributed by atoms with van der Waals surface area (Å²) in [5.74, 6) is -50.1. The number of benzene rings is 4. The molecular weight excluding hydrogens is 778 g/mol. The van der Waals surface area contributed by atoms with Crippen LogP contribution in [0.2, 0.25) is 0 Å². The maximum atomic E-state index is 15.5. The highest BCUT2D eigenvalue weighted by Crippen LogP contribution is 2.29. The van der Waals surface area contributed by atoms with Crippen molar-refractivity contribution in [3.8, 4) is 0 Å². The van der Waals surface area contributed by atoms with Crippen LogP contribution in [-0.2, 0) is 14.2 Å². The normalized spacial score (nSPS) is 13.2. The number of hydrogen-bond donors (Lipinski definition) is 0. The number of ether oxygens (including phenoxy) is 1. The number of carbonyl (C=O) groups excluding carboxylic acids is 1. The quantitative estimate of drug-likeness (QED) is 0.0416. The SMILES string of the molecule is C1CCOC1.C[N+](C)(CCCCC(=O)O[B-](c1c(F)c(F)c(F)c(F)c1F)(c1c(F)c(F)c(F)c(F)c1F)c1c(F)c(F)c(F)c(F)c1F)c1ccccc1. The maximum absolute atomic E-state index is 15.5. The Bertz CT molecular complexity index is 1830. The molecule has 0 atom stereocenters. The van der Waals surface area contributed by atoms with Crippen molar-refractivity contribution >= 4 is 34.4 Å². The largest absolute Gasteiger partial charge is 0.676 e. The summed E-state index contributed by atoms with van der Waals surface area (Å²) in [7, 11) is 3.38. The summed E-state index contributed by atoms with van der Waals surface area (Å²) in [4.78, 5) is 13.2. The second kappa shape index (κ2) is 17.0. The molecule has 1 fully saturated rings. The first kappa shape index (κ1) is 43.0. The van der Waals surface area contributed by atoms with Crippen LogP contribution in [0.4, 0.5) is 71.5 Å². The van der Waals surface area contributed by atoms with E-state index < -0.39 is 129 Å². The molecule has 0 aromatic heterocycles. The third-order valence-electron chi connectivity index (χ3n) is 8.89. The van der Waals surface area contributed by atoms with E-state index in [1.165, 1.54) is 12.8 Å². The lowest BCUT2D eigenvalue weighted by molar-refractivity contribution is -0.135. The van der Waals surface area contributed by atoms with Crippen LogP contribution in [0, 0.1) is 87.3 Å². The van der Waals surface area contributed by atoms with Gasteiger partial charge in [-0.25, -0.2) is 65.9 Å². The predicted octanol–water partition coefficient (Wildman–Crippen LogP) is 7.52. The fourth-order valence-corrected chi connectivity index (χ4v) is 6.05. The molecule has 1 aliphatic heterocycles. The van der Waals surface area contributed by atoms with E-state index in [1.54, 1.807) is 44.4 Å². The Balaban J connectivity index is 0.00000124. The number of halogens is 15. The lowest BCUT2D eigenvalue weighted by atomic mass is 9.27. The number of nitrogens with zero attached hydrogens (tertiary/aromatic N) is 1. The summed E-state index contributed by atoms with van der Waals surface area (Å²) in [6, 6.07) is 8.50. The smallest absolute Gasteiger partial charge is 0.268 e. The predicted molar refractivity (Wildman–Crippen MR) is 168 cm³/mol. The summed E-state index contributed by atoms with van der Waals surface area (Å²) in [5.41, 5.74) is -8.31. The van der Waals surface area contributed by atoms with Gasteiger partial charge in [-0.15, -0.1) is 0 Å². The molecule has 1 saturated heterocycles. The summed E-state index contributed by atoms with van der Waals surface area (Å²) in [6.45, 7) is 2.17. The molecule has 1 heterocycles. The first-order valence-electron chi connectivity index (χ1n) is 16.1. The van der Waals surface area contributed by atoms with Crippen molar-refractivity contribution in [1.29, 1.82) is 0 Å². The second-order valence-electron chi connectivity index (χ2n) is 12.7. The van der Waals surface area contributed by atoms with Gasteiger partial charge in [-0.3, -0.25) is 9.28 Å². The number of hydrogen-bond acceptors (Lipinski definition) is 3. The number of quaternary nitrogens is 1. The molecule has 0 aliphatic carbocycles. The van der Waals surface area contributed by atoms with E-state index in [1.807, 2.05) is 0 Å². The zero-order chi connectivity index (χ0) is 41.2. The molecule has 4 aromatic rings. The van der Waals surface area contributed by atoms with Gasteiger partial charge < -0.3 is 9.39 Å². The number of para-hydroxylation sites is 1. The van der Waals surface area contributed by atoms with Gasteiger partial charge in [-0.2, -0.15) is 0 Å². The Morgan fingerprint density at radius 1 is 0.545 bits per heavy atom. The molecule has 1 aliphatic rings. The fourth-order valence-electron chi connectivity index (χ4n) is 6.05. The minimum absolute atomic E-state index is 0.0232. The van der Waals surface area contributed by atoms with Crippen LogP contribution in [0.3, 0.4) is 0 Å². The van der Waals surface area contributed by atoms with Crippen molar-refractivity contribution in [3.05, 3.63) is 118 Å². The highest BCUT2D eigenvalue weighted by atomic mass is 19.2. The van der Waals surface area contributed by atoms with Crippen molar-refractivity contribution in [2.75, 3.05) is 33.9 Å². The molecule has 5 rings (SSSR count). The van der Waals surface area contributed by atoms with Gasteiger partial charge in [0, 0.05) is 19.6 Å². The van der Waals surface area contributed by atoms with Crippen LogP contribution in [0.25, 0.3) is 0 Å². The van der Waals surface area contributed by atoms with Crippen molar-refractivity contribution in [1.82, 2.24) is 4.48 Å². The minimum atomic E-state index is -6.40. The van der Waals surface area contributed by atoms with Crippen LogP contribution in [-0.4, -0.2) is 46.2 Å². The van der Waals surface area contributed by atoms with E-state index in [0.29, 0.717) is 0 Å². The van der Waals surface area contributed by atoms with Gasteiger partial charge in [-0.1, -0.05) is 34.6 Å². The zero-order valence-corrected chi connectivity index (χ0v) is 28.5. The minimum Gasteiger partial charge on any atom is -0.676 e. The molecule has 20 heteroatoms. The molecule has 0 N–H and O–H groups in total. The van der Waals surface area contributed by atoms with E-state index in [4.69, 9.17) is 4.74 Å². The molecule has 298 valence electrons. The van der Waals surface area contributed by atoms with Gasteiger partial charge in [0.2, 0.25) is 0 Å². The first-order valence-corrected chi connectivity index (χ1v) is 16.1. The lowest BCUT2D eigenvalue weighted by Crippen LogP contribution is -2.75. The Kier molecular flexibility index (Phi) is 13.3. The molecule has 0 saturated carbocycles. The molecule has 0 radical (unpaired) electrons. The average molecular weight is 805 g/mol. The van der Waals surface area contributed by atoms with Crippen LogP contribution in [0.15, 0.2) is 30.3 Å². The standard InChI is InChI=1S/C31H19BF15NO2.C4H8O/c1-48(2,12-8-4-3-5-9-12)11-7-6-10-13(49)50-32(14-17(33)23(39)29(45)24(40)18(14)34,15-19(35)25(41)30(46)26(42)20(15)36)16-21(37)27(43)31(47)28(44)22(16)38;1-2-4-5-3-1/h3-5,8-9H,6-7,10-11H2,1-2H3;1-4H2. The highest BCUT2D eigenvalue weighted by molar-refractivity contribution is 7.08. The number of rotatable bonds is 10. The van der Waals surface area contributed by atoms with Crippen LogP contribution in [0.1, 0.15) is 32.1 Å². The lowest BCUT2D eigenvalue weighted by Gasteiger charge is -2.44. The fraction of sp³-hybridized carbons (Fsp3) is 0.286. The van der Waals surface area contributed by atoms with Gasteiger partial charge >= 0.3 is 0 Å². The van der Waals surface area contributed by atoms with E-state index in [0.717, 1.165) is 18.9 Å². The Morgan fingerprint density at radius 2 is 0.873 bits per heavy atom. The van der Waals surface area contributed by atoms with E-state index in [-0.39, 0.29) is 17.4 Å². The second-order valence-corrected chi connectivity index (χ2v) is 12.7. The molecule has 0 spiro atoms. The number of unbranched alkanes of at least 4 members (excludes halogenated alkanes) is 1. The summed E-state index contributed by atoms with van der Waals surface area (Å²) in [5, 5.41) is 0. The third kappa shape index (κ3) is 8.01. The zero-order valence-electron chi connectivity index (χ0n) is 28.5. The third-order valence-corrected chi connectivity index (χ3v) is 8.89. The Hall–Kier alpha value is -4.72. The molecule has 4 aromatic carbocycles. The van der Waals surface area contributed by atoms with Gasteiger partial charge in [0.25, 0.3) is 12.3 Å². The molecule has 0 bridgehead atoms.